The monoisotopic (exact) mass is 301 g/mol. The molecule has 0 aliphatic rings. The molecule has 0 bridgehead atoms. The third-order valence-electron chi connectivity index (χ3n) is 2.78. The highest BCUT2D eigenvalue weighted by Crippen LogP contribution is 2.18. The first kappa shape index (κ1) is 15.6. The molecule has 22 heavy (non-hydrogen) atoms. The molecule has 7 heteroatoms. The fraction of sp³-hybridized carbons (Fsp3) is 0.200. The lowest BCUT2D eigenvalue weighted by atomic mass is 10.2. The van der Waals surface area contributed by atoms with Crippen LogP contribution >= 0.6 is 0 Å². The standard InChI is InChI=1S/C15H16FN5O/c1-10-6-19-15(20-7-10)22-9-13(21-17)8-18-14-4-3-12(16)5-11(14)2/h3-8H,9,17H2,1-2H3. The van der Waals surface area contributed by atoms with E-state index in [4.69, 9.17) is 10.6 Å². The normalized spacial score (nSPS) is 11.9. The van der Waals surface area contributed by atoms with Crippen LogP contribution < -0.4 is 10.6 Å². The molecule has 0 radical (unpaired) electrons. The lowest BCUT2D eigenvalue weighted by molar-refractivity contribution is 0.346. The Hall–Kier alpha value is -2.83. The third kappa shape index (κ3) is 4.34. The quantitative estimate of drug-likeness (QED) is 0.521. The molecule has 2 rings (SSSR count). The Morgan fingerprint density at radius 1 is 1.32 bits per heavy atom. The minimum Gasteiger partial charge on any atom is -0.457 e. The molecule has 0 aliphatic heterocycles. The number of aryl methyl sites for hydroxylation is 2. The number of hydrogen-bond donors (Lipinski definition) is 1. The predicted octanol–water partition coefficient (Wildman–Crippen LogP) is 2.33. The van der Waals surface area contributed by atoms with Crippen molar-refractivity contribution in [2.45, 2.75) is 13.8 Å². The number of hydrazone groups is 1. The maximum Gasteiger partial charge on any atom is 0.316 e. The summed E-state index contributed by atoms with van der Waals surface area (Å²) in [5.74, 6) is 5.00. The second kappa shape index (κ2) is 7.26. The minimum atomic E-state index is -0.302. The highest BCUT2D eigenvalue weighted by Gasteiger charge is 2.02. The zero-order valence-electron chi connectivity index (χ0n) is 12.3. The van der Waals surface area contributed by atoms with Gasteiger partial charge in [0.15, 0.2) is 0 Å². The Morgan fingerprint density at radius 3 is 2.68 bits per heavy atom. The van der Waals surface area contributed by atoms with Gasteiger partial charge in [-0.05, 0) is 43.2 Å². The molecule has 0 saturated heterocycles. The van der Waals surface area contributed by atoms with Crippen LogP contribution in [0, 0.1) is 19.7 Å². The van der Waals surface area contributed by atoms with E-state index in [0.29, 0.717) is 11.4 Å². The highest BCUT2D eigenvalue weighted by molar-refractivity contribution is 6.31. The molecule has 2 N–H and O–H groups in total. The zero-order chi connectivity index (χ0) is 15.9. The second-order valence-electron chi connectivity index (χ2n) is 4.64. The summed E-state index contributed by atoms with van der Waals surface area (Å²) in [7, 11) is 0. The van der Waals surface area contributed by atoms with Crippen LogP contribution in [0.25, 0.3) is 0 Å². The van der Waals surface area contributed by atoms with E-state index in [-0.39, 0.29) is 18.4 Å². The molecule has 114 valence electrons. The Morgan fingerprint density at radius 2 is 2.05 bits per heavy atom. The number of ether oxygens (including phenoxy) is 1. The number of hydrogen-bond acceptors (Lipinski definition) is 6. The van der Waals surface area contributed by atoms with E-state index in [9.17, 15) is 4.39 Å². The average Bonchev–Trinajstić information content (AvgIpc) is 2.51. The van der Waals surface area contributed by atoms with Crippen LogP contribution in [0.3, 0.4) is 0 Å². The van der Waals surface area contributed by atoms with Gasteiger partial charge in [-0.25, -0.2) is 14.4 Å². The fourth-order valence-electron chi connectivity index (χ4n) is 1.61. The molecular weight excluding hydrogens is 285 g/mol. The molecule has 1 aromatic heterocycles. The van der Waals surface area contributed by atoms with E-state index in [1.807, 2.05) is 6.92 Å². The summed E-state index contributed by atoms with van der Waals surface area (Å²) in [5.41, 5.74) is 2.70. The number of rotatable bonds is 5. The molecule has 0 saturated carbocycles. The minimum absolute atomic E-state index is 0.0866. The van der Waals surface area contributed by atoms with Gasteiger partial charge >= 0.3 is 6.01 Å². The summed E-state index contributed by atoms with van der Waals surface area (Å²) >= 11 is 0. The van der Waals surface area contributed by atoms with Gasteiger partial charge in [-0.3, -0.25) is 4.99 Å². The van der Waals surface area contributed by atoms with E-state index in [1.54, 1.807) is 25.4 Å². The number of halogens is 1. The first-order valence-corrected chi connectivity index (χ1v) is 6.57. The molecule has 2 aromatic rings. The van der Waals surface area contributed by atoms with Crippen LogP contribution in [0.5, 0.6) is 6.01 Å². The Bertz CT molecular complexity index is 698. The molecule has 1 aromatic carbocycles. The molecule has 0 aliphatic carbocycles. The fourth-order valence-corrected chi connectivity index (χ4v) is 1.61. The van der Waals surface area contributed by atoms with Crippen molar-refractivity contribution in [3.8, 4) is 6.01 Å². The van der Waals surface area contributed by atoms with Crippen molar-refractivity contribution in [1.29, 1.82) is 0 Å². The van der Waals surface area contributed by atoms with Gasteiger partial charge in [0.25, 0.3) is 0 Å². The topological polar surface area (TPSA) is 85.8 Å². The van der Waals surface area contributed by atoms with Gasteiger partial charge in [-0.1, -0.05) is 0 Å². The molecule has 0 atom stereocenters. The summed E-state index contributed by atoms with van der Waals surface area (Å²) in [6.45, 7) is 3.74. The van der Waals surface area contributed by atoms with Gasteiger partial charge < -0.3 is 10.6 Å². The number of nitrogens with two attached hydrogens (primary N) is 1. The van der Waals surface area contributed by atoms with E-state index >= 15 is 0 Å². The maximum atomic E-state index is 13.0. The molecule has 0 unspecified atom stereocenters. The predicted molar refractivity (Wildman–Crippen MR) is 83.2 cm³/mol. The van der Waals surface area contributed by atoms with Crippen molar-refractivity contribution in [3.63, 3.8) is 0 Å². The van der Waals surface area contributed by atoms with Gasteiger partial charge in [0.1, 0.15) is 18.1 Å². The van der Waals surface area contributed by atoms with Crippen molar-refractivity contribution in [3.05, 3.63) is 47.5 Å². The number of aromatic nitrogens is 2. The molecule has 1 heterocycles. The summed E-state index contributed by atoms with van der Waals surface area (Å²) < 4.78 is 18.4. The van der Waals surface area contributed by atoms with E-state index in [1.165, 1.54) is 18.3 Å². The van der Waals surface area contributed by atoms with Crippen molar-refractivity contribution < 1.29 is 9.13 Å². The zero-order valence-corrected chi connectivity index (χ0v) is 12.3. The summed E-state index contributed by atoms with van der Waals surface area (Å²) in [4.78, 5) is 12.2. The van der Waals surface area contributed by atoms with E-state index < -0.39 is 0 Å². The highest BCUT2D eigenvalue weighted by atomic mass is 19.1. The molecule has 0 spiro atoms. The van der Waals surface area contributed by atoms with Crippen LogP contribution in [-0.2, 0) is 0 Å². The van der Waals surface area contributed by atoms with Gasteiger partial charge in [0.05, 0.1) is 11.9 Å². The second-order valence-corrected chi connectivity index (χ2v) is 4.64. The maximum absolute atomic E-state index is 13.0. The molecule has 0 amide bonds. The SMILES string of the molecule is Cc1cnc(OCC(C=Nc2ccc(F)cc2C)=NN)nc1. The van der Waals surface area contributed by atoms with Gasteiger partial charge in [0, 0.05) is 12.4 Å². The van der Waals surface area contributed by atoms with Crippen LogP contribution in [0.15, 0.2) is 40.7 Å². The first-order chi connectivity index (χ1) is 10.6. The van der Waals surface area contributed by atoms with Crippen LogP contribution in [-0.4, -0.2) is 28.5 Å². The molecule has 6 nitrogen and oxygen atoms in total. The van der Waals surface area contributed by atoms with Crippen LogP contribution in [0.4, 0.5) is 10.1 Å². The summed E-state index contributed by atoms with van der Waals surface area (Å²) in [6.07, 6.45) is 4.77. The Labute approximate surface area is 127 Å². The third-order valence-corrected chi connectivity index (χ3v) is 2.78. The lowest BCUT2D eigenvalue weighted by Crippen LogP contribution is -2.16. The van der Waals surface area contributed by atoms with Gasteiger partial charge in [-0.15, -0.1) is 0 Å². The van der Waals surface area contributed by atoms with Crippen molar-refractivity contribution in [2.24, 2.45) is 15.9 Å². The van der Waals surface area contributed by atoms with E-state index in [0.717, 1.165) is 11.1 Å². The van der Waals surface area contributed by atoms with E-state index in [2.05, 4.69) is 20.1 Å². The summed E-state index contributed by atoms with van der Waals surface area (Å²) in [6, 6.07) is 4.57. The molecule has 0 fully saturated rings. The summed E-state index contributed by atoms with van der Waals surface area (Å²) in [5, 5.41) is 3.60. The molecular formula is C15H16FN5O. The largest absolute Gasteiger partial charge is 0.457 e. The number of aliphatic imine (C=N–C) groups is 1. The average molecular weight is 301 g/mol. The number of nitrogens with zero attached hydrogens (tertiary/aromatic N) is 4. The van der Waals surface area contributed by atoms with Crippen molar-refractivity contribution >= 4 is 17.6 Å². The smallest absolute Gasteiger partial charge is 0.316 e. The first-order valence-electron chi connectivity index (χ1n) is 6.57. The Balaban J connectivity index is 2.00. The number of benzene rings is 1. The van der Waals surface area contributed by atoms with Crippen LogP contribution in [0.1, 0.15) is 11.1 Å². The van der Waals surface area contributed by atoms with Gasteiger partial charge in [-0.2, -0.15) is 5.10 Å². The van der Waals surface area contributed by atoms with Crippen molar-refractivity contribution in [2.75, 3.05) is 6.61 Å². The Kier molecular flexibility index (Phi) is 5.13. The van der Waals surface area contributed by atoms with Crippen LogP contribution in [0.2, 0.25) is 0 Å². The van der Waals surface area contributed by atoms with Crippen molar-refractivity contribution in [1.82, 2.24) is 9.97 Å². The van der Waals surface area contributed by atoms with Gasteiger partial charge in [0.2, 0.25) is 0 Å². The lowest BCUT2D eigenvalue weighted by Gasteiger charge is -2.04.